The molecular formula is C18H16FN3O3. The van der Waals surface area contributed by atoms with E-state index in [4.69, 9.17) is 8.83 Å². The van der Waals surface area contributed by atoms with Crippen LogP contribution >= 0.6 is 0 Å². The van der Waals surface area contributed by atoms with Gasteiger partial charge in [0.2, 0.25) is 5.89 Å². The SMILES string of the molecule is O=C(c1cccc(F)c1)N1CCC(c2nnc(-c3ccoc3)o2)CC1. The van der Waals surface area contributed by atoms with Crippen molar-refractivity contribution >= 4 is 5.91 Å². The lowest BCUT2D eigenvalue weighted by Gasteiger charge is -2.30. The number of piperidine rings is 1. The predicted molar refractivity (Wildman–Crippen MR) is 86.3 cm³/mol. The molecule has 4 rings (SSSR count). The highest BCUT2D eigenvalue weighted by Gasteiger charge is 2.28. The molecule has 6 nitrogen and oxygen atoms in total. The zero-order valence-corrected chi connectivity index (χ0v) is 13.4. The number of hydrogen-bond acceptors (Lipinski definition) is 5. The number of hydrogen-bond donors (Lipinski definition) is 0. The molecule has 0 saturated carbocycles. The molecule has 7 heteroatoms. The Morgan fingerprint density at radius 3 is 2.76 bits per heavy atom. The molecular weight excluding hydrogens is 325 g/mol. The summed E-state index contributed by atoms with van der Waals surface area (Å²) < 4.78 is 24.0. The van der Waals surface area contributed by atoms with Gasteiger partial charge in [0.25, 0.3) is 11.8 Å². The lowest BCUT2D eigenvalue weighted by molar-refractivity contribution is 0.0706. The third-order valence-corrected chi connectivity index (χ3v) is 4.41. The van der Waals surface area contributed by atoms with Crippen LogP contribution in [-0.2, 0) is 0 Å². The van der Waals surface area contributed by atoms with Gasteiger partial charge in [-0.05, 0) is 37.1 Å². The largest absolute Gasteiger partial charge is 0.472 e. The minimum atomic E-state index is -0.404. The zero-order valence-electron chi connectivity index (χ0n) is 13.4. The van der Waals surface area contributed by atoms with Gasteiger partial charge in [0.05, 0.1) is 11.8 Å². The number of likely N-dealkylation sites (tertiary alicyclic amines) is 1. The zero-order chi connectivity index (χ0) is 17.2. The molecule has 25 heavy (non-hydrogen) atoms. The highest BCUT2D eigenvalue weighted by atomic mass is 19.1. The van der Waals surface area contributed by atoms with E-state index in [-0.39, 0.29) is 11.8 Å². The normalized spacial score (nSPS) is 15.5. The van der Waals surface area contributed by atoms with Gasteiger partial charge in [-0.1, -0.05) is 6.07 Å². The average Bonchev–Trinajstić information content (AvgIpc) is 3.32. The predicted octanol–water partition coefficient (Wildman–Crippen LogP) is 3.49. The molecule has 0 unspecified atom stereocenters. The molecule has 2 aromatic heterocycles. The van der Waals surface area contributed by atoms with Crippen molar-refractivity contribution in [2.75, 3.05) is 13.1 Å². The van der Waals surface area contributed by atoms with Gasteiger partial charge in [-0.25, -0.2) is 4.39 Å². The second-order valence-corrected chi connectivity index (χ2v) is 6.03. The topological polar surface area (TPSA) is 72.4 Å². The van der Waals surface area contributed by atoms with Gasteiger partial charge >= 0.3 is 0 Å². The van der Waals surface area contributed by atoms with E-state index in [0.29, 0.717) is 30.4 Å². The third kappa shape index (κ3) is 3.17. The first-order valence-electron chi connectivity index (χ1n) is 8.11. The Labute approximate surface area is 143 Å². The summed E-state index contributed by atoms with van der Waals surface area (Å²) in [5.74, 6) is 0.571. The van der Waals surface area contributed by atoms with Crippen LogP contribution in [0.4, 0.5) is 4.39 Å². The maximum Gasteiger partial charge on any atom is 0.253 e. The van der Waals surface area contributed by atoms with Crippen molar-refractivity contribution in [1.82, 2.24) is 15.1 Å². The monoisotopic (exact) mass is 341 g/mol. The van der Waals surface area contributed by atoms with Crippen LogP contribution in [0.15, 0.2) is 51.7 Å². The smallest absolute Gasteiger partial charge is 0.253 e. The Morgan fingerprint density at radius 1 is 1.20 bits per heavy atom. The second kappa shape index (κ2) is 6.51. The molecule has 1 aliphatic rings. The van der Waals surface area contributed by atoms with Gasteiger partial charge in [0.1, 0.15) is 12.1 Å². The lowest BCUT2D eigenvalue weighted by Crippen LogP contribution is -2.38. The van der Waals surface area contributed by atoms with Gasteiger partial charge in [-0.3, -0.25) is 4.79 Å². The molecule has 1 fully saturated rings. The van der Waals surface area contributed by atoms with E-state index in [1.165, 1.54) is 12.1 Å². The molecule has 1 saturated heterocycles. The maximum atomic E-state index is 13.3. The van der Waals surface area contributed by atoms with Crippen LogP contribution in [0.3, 0.4) is 0 Å². The van der Waals surface area contributed by atoms with E-state index in [1.807, 2.05) is 0 Å². The number of halogens is 1. The van der Waals surface area contributed by atoms with Gasteiger partial charge in [-0.15, -0.1) is 10.2 Å². The Morgan fingerprint density at radius 2 is 2.04 bits per heavy atom. The van der Waals surface area contributed by atoms with E-state index >= 15 is 0 Å². The van der Waals surface area contributed by atoms with Gasteiger partial charge in [0, 0.05) is 24.6 Å². The third-order valence-electron chi connectivity index (χ3n) is 4.41. The molecule has 0 aliphatic carbocycles. The number of aromatic nitrogens is 2. The summed E-state index contributed by atoms with van der Waals surface area (Å²) in [5.41, 5.74) is 1.12. The highest BCUT2D eigenvalue weighted by Crippen LogP contribution is 2.30. The Balaban J connectivity index is 1.41. The summed E-state index contributed by atoms with van der Waals surface area (Å²) in [7, 11) is 0. The summed E-state index contributed by atoms with van der Waals surface area (Å²) in [6.07, 6.45) is 4.56. The first kappa shape index (κ1) is 15.6. The summed E-state index contributed by atoms with van der Waals surface area (Å²) in [5, 5.41) is 8.17. The first-order valence-corrected chi connectivity index (χ1v) is 8.11. The fraction of sp³-hybridized carbons (Fsp3) is 0.278. The van der Waals surface area contributed by atoms with E-state index < -0.39 is 5.82 Å². The number of rotatable bonds is 3. The van der Waals surface area contributed by atoms with Gasteiger partial charge < -0.3 is 13.7 Å². The van der Waals surface area contributed by atoms with E-state index in [9.17, 15) is 9.18 Å². The molecule has 0 radical (unpaired) electrons. The fourth-order valence-corrected chi connectivity index (χ4v) is 3.04. The summed E-state index contributed by atoms with van der Waals surface area (Å²) in [6.45, 7) is 1.15. The first-order chi connectivity index (χ1) is 12.2. The van der Waals surface area contributed by atoms with Crippen molar-refractivity contribution < 1.29 is 18.0 Å². The van der Waals surface area contributed by atoms with Crippen molar-refractivity contribution in [3.05, 3.63) is 60.1 Å². The maximum absolute atomic E-state index is 13.3. The van der Waals surface area contributed by atoms with Crippen LogP contribution in [-0.4, -0.2) is 34.1 Å². The number of carbonyl (C=O) groups is 1. The molecule has 0 atom stereocenters. The van der Waals surface area contributed by atoms with E-state index in [1.54, 1.807) is 35.6 Å². The lowest BCUT2D eigenvalue weighted by atomic mass is 9.96. The van der Waals surface area contributed by atoms with Crippen LogP contribution < -0.4 is 0 Å². The van der Waals surface area contributed by atoms with E-state index in [2.05, 4.69) is 10.2 Å². The number of carbonyl (C=O) groups excluding carboxylic acids is 1. The molecule has 0 spiro atoms. The van der Waals surface area contributed by atoms with Crippen LogP contribution in [0.1, 0.15) is 35.0 Å². The van der Waals surface area contributed by atoms with Crippen LogP contribution in [0, 0.1) is 5.82 Å². The quantitative estimate of drug-likeness (QED) is 0.729. The van der Waals surface area contributed by atoms with Crippen LogP contribution in [0.25, 0.3) is 11.5 Å². The number of amides is 1. The fourth-order valence-electron chi connectivity index (χ4n) is 3.04. The molecule has 1 aliphatic heterocycles. The van der Waals surface area contributed by atoms with E-state index in [0.717, 1.165) is 18.4 Å². The highest BCUT2D eigenvalue weighted by molar-refractivity contribution is 5.94. The molecule has 0 N–H and O–H groups in total. The molecule has 3 heterocycles. The van der Waals surface area contributed by atoms with Gasteiger partial charge in [-0.2, -0.15) is 0 Å². The number of nitrogens with zero attached hydrogens (tertiary/aromatic N) is 3. The average molecular weight is 341 g/mol. The summed E-state index contributed by atoms with van der Waals surface area (Å²) in [4.78, 5) is 14.2. The number of furan rings is 1. The Kier molecular flexibility index (Phi) is 4.05. The minimum Gasteiger partial charge on any atom is -0.472 e. The molecule has 1 aromatic carbocycles. The molecule has 1 amide bonds. The second-order valence-electron chi connectivity index (χ2n) is 6.03. The molecule has 0 bridgehead atoms. The van der Waals surface area contributed by atoms with Crippen molar-refractivity contribution in [1.29, 1.82) is 0 Å². The van der Waals surface area contributed by atoms with Crippen LogP contribution in [0.2, 0.25) is 0 Å². The van der Waals surface area contributed by atoms with Crippen molar-refractivity contribution in [2.45, 2.75) is 18.8 Å². The number of benzene rings is 1. The van der Waals surface area contributed by atoms with Crippen molar-refractivity contribution in [3.63, 3.8) is 0 Å². The molecule has 128 valence electrons. The minimum absolute atomic E-state index is 0.115. The van der Waals surface area contributed by atoms with Crippen molar-refractivity contribution in [3.8, 4) is 11.5 Å². The van der Waals surface area contributed by atoms with Crippen LogP contribution in [0.5, 0.6) is 0 Å². The summed E-state index contributed by atoms with van der Waals surface area (Å²) in [6, 6.07) is 7.54. The standard InChI is InChI=1S/C18H16FN3O3/c19-15-3-1-2-13(10-15)18(23)22-7-4-12(5-8-22)16-20-21-17(25-16)14-6-9-24-11-14/h1-3,6,9-12H,4-5,7-8H2. The Hall–Kier alpha value is -2.96. The van der Waals surface area contributed by atoms with Crippen molar-refractivity contribution in [2.24, 2.45) is 0 Å². The summed E-state index contributed by atoms with van der Waals surface area (Å²) >= 11 is 0. The van der Waals surface area contributed by atoms with Gasteiger partial charge in [0.15, 0.2) is 0 Å². The Bertz CT molecular complexity index is 867. The molecule has 3 aromatic rings.